The fourth-order valence-corrected chi connectivity index (χ4v) is 3.82. The normalized spacial score (nSPS) is 17.8. The zero-order chi connectivity index (χ0) is 18.4. The molecule has 1 fully saturated rings. The molecule has 0 amide bonds. The van der Waals surface area contributed by atoms with Crippen molar-refractivity contribution in [3.63, 3.8) is 0 Å². The number of hydrogen-bond acceptors (Lipinski definition) is 2. The van der Waals surface area contributed by atoms with Gasteiger partial charge in [-0.25, -0.2) is 8.78 Å². The third kappa shape index (κ3) is 5.36. The summed E-state index contributed by atoms with van der Waals surface area (Å²) in [6, 6.07) is 13.3. The zero-order valence-electron chi connectivity index (χ0n) is 15.1. The molecule has 1 N–H and O–H groups in total. The van der Waals surface area contributed by atoms with Crippen LogP contribution in [-0.2, 0) is 6.42 Å². The van der Waals surface area contributed by atoms with Crippen molar-refractivity contribution in [3.05, 3.63) is 71.3 Å². The fraction of sp³-hybridized carbons (Fsp3) is 0.455. The molecule has 26 heavy (non-hydrogen) atoms. The standard InChI is InChI=1S/C22H27F2NO/c23-19-8-4-17(5-9-19)16-21(26)12-13-22(25-14-2-1-3-15-25)18-6-10-20(24)11-7-18/h4-11,21-22,26H,1-3,12-16H2. The third-order valence-corrected chi connectivity index (χ3v) is 5.24. The van der Waals surface area contributed by atoms with Crippen molar-refractivity contribution in [2.75, 3.05) is 13.1 Å². The molecule has 1 heterocycles. The van der Waals surface area contributed by atoms with Crippen LogP contribution in [0.1, 0.15) is 49.3 Å². The summed E-state index contributed by atoms with van der Waals surface area (Å²) >= 11 is 0. The average Bonchev–Trinajstić information content (AvgIpc) is 2.66. The van der Waals surface area contributed by atoms with Gasteiger partial charge in [0.2, 0.25) is 0 Å². The summed E-state index contributed by atoms with van der Waals surface area (Å²) in [5, 5.41) is 10.4. The molecule has 0 bridgehead atoms. The molecule has 1 saturated heterocycles. The quantitative estimate of drug-likeness (QED) is 0.762. The van der Waals surface area contributed by atoms with E-state index >= 15 is 0 Å². The van der Waals surface area contributed by atoms with Gasteiger partial charge in [0.15, 0.2) is 0 Å². The van der Waals surface area contributed by atoms with E-state index in [-0.39, 0.29) is 17.7 Å². The van der Waals surface area contributed by atoms with Gasteiger partial charge in [0.05, 0.1) is 6.10 Å². The molecule has 2 aromatic rings. The molecule has 3 rings (SSSR count). The van der Waals surface area contributed by atoms with E-state index in [0.717, 1.165) is 30.6 Å². The molecule has 4 heteroatoms. The Morgan fingerprint density at radius 2 is 1.38 bits per heavy atom. The Morgan fingerprint density at radius 3 is 2.00 bits per heavy atom. The van der Waals surface area contributed by atoms with E-state index in [1.54, 1.807) is 12.1 Å². The Balaban J connectivity index is 1.63. The van der Waals surface area contributed by atoms with Gasteiger partial charge in [-0.05, 0) is 80.6 Å². The minimum absolute atomic E-state index is 0.207. The van der Waals surface area contributed by atoms with Crippen molar-refractivity contribution in [1.29, 1.82) is 0 Å². The molecule has 140 valence electrons. The molecule has 2 aromatic carbocycles. The van der Waals surface area contributed by atoms with Crippen molar-refractivity contribution in [3.8, 4) is 0 Å². The summed E-state index contributed by atoms with van der Waals surface area (Å²) < 4.78 is 26.3. The number of benzene rings is 2. The largest absolute Gasteiger partial charge is 0.393 e. The SMILES string of the molecule is OC(CCC(c1ccc(F)cc1)N1CCCCC1)Cc1ccc(F)cc1. The Bertz CT molecular complexity index is 666. The fourth-order valence-electron chi connectivity index (χ4n) is 3.82. The first-order valence-electron chi connectivity index (χ1n) is 9.54. The van der Waals surface area contributed by atoms with Crippen LogP contribution < -0.4 is 0 Å². The van der Waals surface area contributed by atoms with Gasteiger partial charge in [-0.15, -0.1) is 0 Å². The molecular weight excluding hydrogens is 332 g/mol. The second-order valence-corrected chi connectivity index (χ2v) is 7.23. The van der Waals surface area contributed by atoms with Gasteiger partial charge in [-0.2, -0.15) is 0 Å². The van der Waals surface area contributed by atoms with Gasteiger partial charge >= 0.3 is 0 Å². The summed E-state index contributed by atoms with van der Waals surface area (Å²) in [5.41, 5.74) is 2.05. The lowest BCUT2D eigenvalue weighted by molar-refractivity contribution is 0.117. The van der Waals surface area contributed by atoms with Gasteiger partial charge in [0, 0.05) is 6.04 Å². The van der Waals surface area contributed by atoms with E-state index in [1.165, 1.54) is 43.5 Å². The number of aliphatic hydroxyl groups excluding tert-OH is 1. The average molecular weight is 359 g/mol. The topological polar surface area (TPSA) is 23.5 Å². The van der Waals surface area contributed by atoms with Crippen LogP contribution in [0.25, 0.3) is 0 Å². The zero-order valence-corrected chi connectivity index (χ0v) is 15.1. The van der Waals surface area contributed by atoms with Gasteiger partial charge < -0.3 is 5.11 Å². The third-order valence-electron chi connectivity index (χ3n) is 5.24. The molecule has 0 spiro atoms. The predicted octanol–water partition coefficient (Wildman–Crippen LogP) is 4.88. The van der Waals surface area contributed by atoms with E-state index in [9.17, 15) is 13.9 Å². The van der Waals surface area contributed by atoms with Crippen LogP contribution in [0.15, 0.2) is 48.5 Å². The number of nitrogens with zero attached hydrogens (tertiary/aromatic N) is 1. The molecule has 0 aromatic heterocycles. The summed E-state index contributed by atoms with van der Waals surface area (Å²) in [6.07, 6.45) is 5.19. The van der Waals surface area contributed by atoms with E-state index < -0.39 is 6.10 Å². The number of hydrogen-bond donors (Lipinski definition) is 1. The highest BCUT2D eigenvalue weighted by atomic mass is 19.1. The van der Waals surface area contributed by atoms with Crippen LogP contribution in [0.3, 0.4) is 0 Å². The second-order valence-electron chi connectivity index (χ2n) is 7.23. The van der Waals surface area contributed by atoms with Crippen LogP contribution in [0.4, 0.5) is 8.78 Å². The van der Waals surface area contributed by atoms with E-state index in [2.05, 4.69) is 4.90 Å². The molecule has 2 unspecified atom stereocenters. The van der Waals surface area contributed by atoms with Gasteiger partial charge in [-0.3, -0.25) is 4.90 Å². The molecule has 2 atom stereocenters. The highest BCUT2D eigenvalue weighted by molar-refractivity contribution is 5.20. The molecule has 0 aliphatic carbocycles. The summed E-state index contributed by atoms with van der Waals surface area (Å²) in [7, 11) is 0. The minimum Gasteiger partial charge on any atom is -0.393 e. The summed E-state index contributed by atoms with van der Waals surface area (Å²) in [6.45, 7) is 2.10. The first-order chi connectivity index (χ1) is 12.6. The first-order valence-corrected chi connectivity index (χ1v) is 9.54. The number of halogens is 2. The lowest BCUT2D eigenvalue weighted by atomic mass is 9.94. The minimum atomic E-state index is -0.465. The van der Waals surface area contributed by atoms with Crippen molar-refractivity contribution in [2.45, 2.75) is 50.7 Å². The number of likely N-dealkylation sites (tertiary alicyclic amines) is 1. The summed E-state index contributed by atoms with van der Waals surface area (Å²) in [5.74, 6) is -0.479. The lowest BCUT2D eigenvalue weighted by Gasteiger charge is -2.35. The molecular formula is C22H27F2NO. The maximum Gasteiger partial charge on any atom is 0.123 e. The Labute approximate surface area is 154 Å². The van der Waals surface area contributed by atoms with Gasteiger partial charge in [0.1, 0.15) is 11.6 Å². The lowest BCUT2D eigenvalue weighted by Crippen LogP contribution is -2.34. The maximum absolute atomic E-state index is 13.3. The predicted molar refractivity (Wildman–Crippen MR) is 99.9 cm³/mol. The molecule has 1 aliphatic rings. The van der Waals surface area contributed by atoms with E-state index in [1.807, 2.05) is 12.1 Å². The van der Waals surface area contributed by atoms with Crippen molar-refractivity contribution in [2.24, 2.45) is 0 Å². The van der Waals surface area contributed by atoms with Crippen LogP contribution in [0.5, 0.6) is 0 Å². The van der Waals surface area contributed by atoms with Crippen molar-refractivity contribution >= 4 is 0 Å². The first kappa shape index (κ1) is 19.0. The Morgan fingerprint density at radius 1 is 0.808 bits per heavy atom. The van der Waals surface area contributed by atoms with Crippen LogP contribution in [0.2, 0.25) is 0 Å². The molecule has 0 saturated carbocycles. The van der Waals surface area contributed by atoms with Gasteiger partial charge in [-0.1, -0.05) is 30.7 Å². The van der Waals surface area contributed by atoms with E-state index in [4.69, 9.17) is 0 Å². The number of rotatable bonds is 7. The van der Waals surface area contributed by atoms with Crippen molar-refractivity contribution in [1.82, 2.24) is 4.90 Å². The van der Waals surface area contributed by atoms with Crippen LogP contribution in [-0.4, -0.2) is 29.2 Å². The monoisotopic (exact) mass is 359 g/mol. The van der Waals surface area contributed by atoms with Crippen LogP contribution in [0, 0.1) is 11.6 Å². The Kier molecular flexibility index (Phi) is 6.75. The highest BCUT2D eigenvalue weighted by Gasteiger charge is 2.23. The Hall–Kier alpha value is -1.78. The molecule has 1 aliphatic heterocycles. The molecule has 2 nitrogen and oxygen atoms in total. The maximum atomic E-state index is 13.3. The molecule has 0 radical (unpaired) electrons. The second kappa shape index (κ2) is 9.24. The number of piperidine rings is 1. The highest BCUT2D eigenvalue weighted by Crippen LogP contribution is 2.29. The summed E-state index contributed by atoms with van der Waals surface area (Å²) in [4.78, 5) is 2.46. The van der Waals surface area contributed by atoms with Crippen LogP contribution >= 0.6 is 0 Å². The van der Waals surface area contributed by atoms with Crippen molar-refractivity contribution < 1.29 is 13.9 Å². The number of aliphatic hydroxyl groups is 1. The smallest absolute Gasteiger partial charge is 0.123 e. The van der Waals surface area contributed by atoms with E-state index in [0.29, 0.717) is 12.8 Å². The van der Waals surface area contributed by atoms with Gasteiger partial charge in [0.25, 0.3) is 0 Å².